The molecular weight excluding hydrogens is 326 g/mol. The van der Waals surface area contributed by atoms with Gasteiger partial charge in [-0.2, -0.15) is 0 Å². The molecule has 0 aliphatic rings. The van der Waals surface area contributed by atoms with Crippen LogP contribution in [0.25, 0.3) is 10.8 Å². The lowest BCUT2D eigenvalue weighted by atomic mass is 10.1. The van der Waals surface area contributed by atoms with Crippen molar-refractivity contribution in [3.05, 3.63) is 28.7 Å². The number of nitrogens with zero attached hydrogens (tertiary/aromatic N) is 1. The number of fused-ring (bicyclic) bond motifs is 1. The van der Waals surface area contributed by atoms with Crippen molar-refractivity contribution in [3.8, 4) is 17.2 Å². The Morgan fingerprint density at radius 1 is 1.04 bits per heavy atom. The van der Waals surface area contributed by atoms with Crippen LogP contribution < -0.4 is 19.8 Å². The van der Waals surface area contributed by atoms with Crippen LogP contribution in [0.4, 0.5) is 0 Å². The van der Waals surface area contributed by atoms with Crippen LogP contribution >= 0.6 is 0 Å². The van der Waals surface area contributed by atoms with Crippen molar-refractivity contribution in [1.82, 2.24) is 4.57 Å². The minimum Gasteiger partial charge on any atom is -0.490 e. The summed E-state index contributed by atoms with van der Waals surface area (Å²) in [5.74, 6) is 0.422. The van der Waals surface area contributed by atoms with E-state index >= 15 is 0 Å². The maximum atomic E-state index is 12.7. The fourth-order valence-corrected chi connectivity index (χ4v) is 2.58. The molecule has 0 saturated heterocycles. The van der Waals surface area contributed by atoms with Crippen LogP contribution in [-0.4, -0.2) is 35.5 Å². The normalized spacial score (nSPS) is 10.7. The minimum atomic E-state index is -0.955. The van der Waals surface area contributed by atoms with Gasteiger partial charge in [0.05, 0.1) is 31.6 Å². The second-order valence-corrected chi connectivity index (χ2v) is 5.25. The second-order valence-electron chi connectivity index (χ2n) is 5.25. The lowest BCUT2D eigenvalue weighted by Crippen LogP contribution is -2.21. The summed E-state index contributed by atoms with van der Waals surface area (Å²) in [6, 6.07) is 3.37. The molecule has 25 heavy (non-hydrogen) atoms. The Labute approximate surface area is 145 Å². The number of aromatic nitrogens is 1. The topological polar surface area (TPSA) is 87.0 Å². The molecule has 2 rings (SSSR count). The average Bonchev–Trinajstić information content (AvgIpc) is 2.58. The van der Waals surface area contributed by atoms with Crippen molar-refractivity contribution in [2.75, 3.05) is 19.8 Å². The molecule has 1 heterocycles. The Bertz CT molecular complexity index is 811. The Morgan fingerprint density at radius 2 is 1.68 bits per heavy atom. The molecule has 0 amide bonds. The first kappa shape index (κ1) is 18.6. The summed E-state index contributed by atoms with van der Waals surface area (Å²) in [6.07, 6.45) is 1.45. The first-order valence-electron chi connectivity index (χ1n) is 8.33. The van der Waals surface area contributed by atoms with Crippen molar-refractivity contribution in [2.24, 2.45) is 0 Å². The summed E-state index contributed by atoms with van der Waals surface area (Å²) >= 11 is 0. The van der Waals surface area contributed by atoms with E-state index in [2.05, 4.69) is 0 Å². The minimum absolute atomic E-state index is 0.102. The van der Waals surface area contributed by atoms with Gasteiger partial charge in [-0.05, 0) is 32.9 Å². The van der Waals surface area contributed by atoms with Gasteiger partial charge in [-0.3, -0.25) is 9.59 Å². The molecule has 0 spiro atoms. The molecule has 0 aliphatic heterocycles. The molecule has 0 aliphatic carbocycles. The zero-order valence-corrected chi connectivity index (χ0v) is 14.7. The Kier molecular flexibility index (Phi) is 6.27. The van der Waals surface area contributed by atoms with Gasteiger partial charge in [0, 0.05) is 18.1 Å². The van der Waals surface area contributed by atoms with Crippen LogP contribution in [0.15, 0.2) is 23.1 Å². The lowest BCUT2D eigenvalue weighted by Gasteiger charge is -2.18. The third-order valence-electron chi connectivity index (χ3n) is 3.60. The molecule has 136 valence electrons. The number of hydrogen-bond acceptors (Lipinski definition) is 5. The van der Waals surface area contributed by atoms with E-state index in [9.17, 15) is 9.59 Å². The number of pyridine rings is 1. The maximum absolute atomic E-state index is 12.7. The zero-order valence-electron chi connectivity index (χ0n) is 14.7. The van der Waals surface area contributed by atoms with Gasteiger partial charge < -0.3 is 23.9 Å². The largest absolute Gasteiger partial charge is 0.490 e. The lowest BCUT2D eigenvalue weighted by molar-refractivity contribution is -0.137. The van der Waals surface area contributed by atoms with Gasteiger partial charge >= 0.3 is 5.97 Å². The number of hydrogen-bond donors (Lipinski definition) is 1. The quantitative estimate of drug-likeness (QED) is 0.749. The summed E-state index contributed by atoms with van der Waals surface area (Å²) in [4.78, 5) is 23.5. The SMILES string of the molecule is CCOc1cc2c(=O)n(CCC(=O)O)ccc2c(OCC)c1OCC. The maximum Gasteiger partial charge on any atom is 0.305 e. The summed E-state index contributed by atoms with van der Waals surface area (Å²) < 4.78 is 18.4. The number of rotatable bonds is 9. The van der Waals surface area contributed by atoms with E-state index in [0.717, 1.165) is 0 Å². The molecule has 0 atom stereocenters. The van der Waals surface area contributed by atoms with Crippen molar-refractivity contribution < 1.29 is 24.1 Å². The van der Waals surface area contributed by atoms with Crippen LogP contribution in [0.2, 0.25) is 0 Å². The van der Waals surface area contributed by atoms with Crippen molar-refractivity contribution in [2.45, 2.75) is 33.7 Å². The zero-order chi connectivity index (χ0) is 18.4. The predicted octanol–water partition coefficient (Wildman–Crippen LogP) is 2.67. The van der Waals surface area contributed by atoms with Crippen LogP contribution in [0.1, 0.15) is 27.2 Å². The number of aliphatic carboxylic acids is 1. The summed E-state index contributed by atoms with van der Waals surface area (Å²) in [7, 11) is 0. The van der Waals surface area contributed by atoms with E-state index in [-0.39, 0.29) is 18.5 Å². The molecule has 0 bridgehead atoms. The molecule has 7 heteroatoms. The van der Waals surface area contributed by atoms with Crippen molar-refractivity contribution in [1.29, 1.82) is 0 Å². The average molecular weight is 349 g/mol. The third-order valence-corrected chi connectivity index (χ3v) is 3.60. The molecule has 7 nitrogen and oxygen atoms in total. The van der Waals surface area contributed by atoms with Gasteiger partial charge in [0.2, 0.25) is 5.75 Å². The van der Waals surface area contributed by atoms with E-state index in [1.807, 2.05) is 20.8 Å². The number of carbonyl (C=O) groups is 1. The second kappa shape index (κ2) is 8.41. The molecule has 1 N–H and O–H groups in total. The highest BCUT2D eigenvalue weighted by atomic mass is 16.5. The monoisotopic (exact) mass is 349 g/mol. The van der Waals surface area contributed by atoms with Crippen LogP contribution in [-0.2, 0) is 11.3 Å². The standard InChI is InChI=1S/C18H23NO6/c1-4-23-14-11-13-12(16(24-5-2)17(14)25-6-3)7-9-19(18(13)22)10-8-15(20)21/h7,9,11H,4-6,8,10H2,1-3H3,(H,20,21). The van der Waals surface area contributed by atoms with Crippen molar-refractivity contribution in [3.63, 3.8) is 0 Å². The third kappa shape index (κ3) is 4.04. The van der Waals surface area contributed by atoms with Crippen LogP contribution in [0, 0.1) is 0 Å². The number of carboxylic acids is 1. The molecule has 0 saturated carbocycles. The van der Waals surface area contributed by atoms with Gasteiger partial charge in [0.15, 0.2) is 11.5 Å². The van der Waals surface area contributed by atoms with E-state index in [1.54, 1.807) is 18.3 Å². The summed E-state index contributed by atoms with van der Waals surface area (Å²) in [5, 5.41) is 9.85. The Hall–Kier alpha value is -2.70. The van der Waals surface area contributed by atoms with E-state index in [0.29, 0.717) is 47.8 Å². The van der Waals surface area contributed by atoms with E-state index in [4.69, 9.17) is 19.3 Å². The molecule has 0 unspecified atom stereocenters. The van der Waals surface area contributed by atoms with Gasteiger partial charge in [0.1, 0.15) is 0 Å². The molecular formula is C18H23NO6. The predicted molar refractivity (Wildman–Crippen MR) is 94.0 cm³/mol. The molecule has 2 aromatic rings. The van der Waals surface area contributed by atoms with Gasteiger partial charge in [0.25, 0.3) is 5.56 Å². The molecule has 1 aromatic carbocycles. The summed E-state index contributed by atoms with van der Waals surface area (Å²) in [5.41, 5.74) is -0.288. The summed E-state index contributed by atoms with van der Waals surface area (Å²) in [6.45, 7) is 6.91. The number of benzene rings is 1. The number of carboxylic acid groups (broad SMARTS) is 1. The number of ether oxygens (including phenoxy) is 3. The van der Waals surface area contributed by atoms with E-state index in [1.165, 1.54) is 4.57 Å². The highest BCUT2D eigenvalue weighted by Gasteiger charge is 2.19. The highest BCUT2D eigenvalue weighted by molar-refractivity contribution is 5.92. The number of aryl methyl sites for hydroxylation is 1. The van der Waals surface area contributed by atoms with Gasteiger partial charge in [-0.25, -0.2) is 0 Å². The first-order chi connectivity index (χ1) is 12.0. The molecule has 0 radical (unpaired) electrons. The first-order valence-corrected chi connectivity index (χ1v) is 8.33. The molecule has 0 fully saturated rings. The van der Waals surface area contributed by atoms with Gasteiger partial charge in [-0.15, -0.1) is 0 Å². The van der Waals surface area contributed by atoms with E-state index < -0.39 is 5.97 Å². The van der Waals surface area contributed by atoms with Crippen molar-refractivity contribution >= 4 is 16.7 Å². The van der Waals surface area contributed by atoms with Crippen LogP contribution in [0.5, 0.6) is 17.2 Å². The highest BCUT2D eigenvalue weighted by Crippen LogP contribution is 2.43. The Balaban J connectivity index is 2.69. The Morgan fingerprint density at radius 3 is 2.28 bits per heavy atom. The molecule has 1 aromatic heterocycles. The van der Waals surface area contributed by atoms with Gasteiger partial charge in [-0.1, -0.05) is 0 Å². The van der Waals surface area contributed by atoms with Crippen LogP contribution in [0.3, 0.4) is 0 Å². The smallest absolute Gasteiger partial charge is 0.305 e. The fourth-order valence-electron chi connectivity index (χ4n) is 2.58. The fraction of sp³-hybridized carbons (Fsp3) is 0.444.